The first-order chi connectivity index (χ1) is 7.03. The molecule has 0 saturated carbocycles. The summed E-state index contributed by atoms with van der Waals surface area (Å²) in [6, 6.07) is 0.363. The van der Waals surface area contributed by atoms with E-state index >= 15 is 0 Å². The third-order valence-electron chi connectivity index (χ3n) is 3.41. The fourth-order valence-electron chi connectivity index (χ4n) is 1.71. The molecule has 1 rings (SSSR count). The molecule has 0 aliphatic carbocycles. The maximum atomic E-state index is 11.0. The van der Waals surface area contributed by atoms with Crippen molar-refractivity contribution in [3.8, 4) is 0 Å². The second kappa shape index (κ2) is 5.50. The van der Waals surface area contributed by atoms with E-state index in [1.807, 2.05) is 0 Å². The molecule has 88 valence electrons. The van der Waals surface area contributed by atoms with Gasteiger partial charge < -0.3 is 10.6 Å². The third kappa shape index (κ3) is 4.65. The first-order valence-corrected chi connectivity index (χ1v) is 6.03. The van der Waals surface area contributed by atoms with Gasteiger partial charge >= 0.3 is 0 Å². The molecule has 0 spiro atoms. The van der Waals surface area contributed by atoms with E-state index in [2.05, 4.69) is 31.4 Å². The molecule has 1 aliphatic rings. The van der Waals surface area contributed by atoms with Gasteiger partial charge in [0, 0.05) is 19.0 Å². The van der Waals surface area contributed by atoms with Gasteiger partial charge in [0.15, 0.2) is 0 Å². The van der Waals surface area contributed by atoms with Crippen molar-refractivity contribution >= 4 is 5.91 Å². The lowest BCUT2D eigenvalue weighted by molar-refractivity contribution is -0.119. The van der Waals surface area contributed by atoms with E-state index in [-0.39, 0.29) is 5.91 Å². The minimum atomic E-state index is 0.204. The molecule has 1 amide bonds. The molecule has 0 radical (unpaired) electrons. The van der Waals surface area contributed by atoms with E-state index < -0.39 is 0 Å². The lowest BCUT2D eigenvalue weighted by atomic mass is 9.86. The van der Waals surface area contributed by atoms with Gasteiger partial charge in [-0.2, -0.15) is 0 Å². The van der Waals surface area contributed by atoms with Crippen LogP contribution in [0.4, 0.5) is 0 Å². The summed E-state index contributed by atoms with van der Waals surface area (Å²) in [6.45, 7) is 8.80. The maximum Gasteiger partial charge on any atom is 0.220 e. The van der Waals surface area contributed by atoms with Crippen LogP contribution in [0.25, 0.3) is 0 Å². The van der Waals surface area contributed by atoms with Crippen LogP contribution in [-0.4, -0.2) is 25.0 Å². The predicted molar refractivity (Wildman–Crippen MR) is 62.7 cm³/mol. The molecular weight excluding hydrogens is 188 g/mol. The Bertz CT molecular complexity index is 214. The second-order valence-corrected chi connectivity index (χ2v) is 5.28. The molecule has 3 heteroatoms. The Morgan fingerprint density at radius 3 is 2.80 bits per heavy atom. The average molecular weight is 212 g/mol. The Hall–Kier alpha value is -0.570. The van der Waals surface area contributed by atoms with Crippen LogP contribution in [0.15, 0.2) is 0 Å². The van der Waals surface area contributed by atoms with Crippen molar-refractivity contribution < 1.29 is 4.79 Å². The summed E-state index contributed by atoms with van der Waals surface area (Å²) in [5.74, 6) is 0.204. The molecule has 0 unspecified atom stereocenters. The molecule has 1 fully saturated rings. The molecule has 0 bridgehead atoms. The summed E-state index contributed by atoms with van der Waals surface area (Å²) in [7, 11) is 0. The molecular formula is C12H24N2O. The van der Waals surface area contributed by atoms with Gasteiger partial charge in [0.25, 0.3) is 0 Å². The van der Waals surface area contributed by atoms with Crippen LogP contribution in [0.1, 0.15) is 46.5 Å². The Morgan fingerprint density at radius 2 is 2.27 bits per heavy atom. The normalized spacial score (nSPS) is 21.8. The van der Waals surface area contributed by atoms with Gasteiger partial charge in [-0.25, -0.2) is 0 Å². The molecule has 1 aliphatic heterocycles. The molecule has 0 aromatic heterocycles. The monoisotopic (exact) mass is 212 g/mol. The van der Waals surface area contributed by atoms with Gasteiger partial charge in [0.05, 0.1) is 0 Å². The first-order valence-electron chi connectivity index (χ1n) is 6.03. The SMILES string of the molecule is CCC(C)(C)CCNC[C@H]1CCC(=O)N1. The Labute approximate surface area is 93.0 Å². The molecule has 2 N–H and O–H groups in total. The minimum absolute atomic E-state index is 0.204. The highest BCUT2D eigenvalue weighted by Gasteiger charge is 2.20. The minimum Gasteiger partial charge on any atom is -0.352 e. The summed E-state index contributed by atoms with van der Waals surface area (Å²) in [6.07, 6.45) is 4.11. The van der Waals surface area contributed by atoms with Gasteiger partial charge in [-0.3, -0.25) is 4.79 Å². The predicted octanol–water partition coefficient (Wildman–Crippen LogP) is 1.68. The van der Waals surface area contributed by atoms with Crippen molar-refractivity contribution in [3.63, 3.8) is 0 Å². The zero-order valence-corrected chi connectivity index (χ0v) is 10.2. The van der Waals surface area contributed by atoms with Crippen molar-refractivity contribution in [2.24, 2.45) is 5.41 Å². The van der Waals surface area contributed by atoms with Gasteiger partial charge in [-0.15, -0.1) is 0 Å². The van der Waals surface area contributed by atoms with Gasteiger partial charge in [0.1, 0.15) is 0 Å². The number of rotatable bonds is 6. The molecule has 15 heavy (non-hydrogen) atoms. The quantitative estimate of drug-likeness (QED) is 0.658. The smallest absolute Gasteiger partial charge is 0.220 e. The highest BCUT2D eigenvalue weighted by molar-refractivity contribution is 5.78. The van der Waals surface area contributed by atoms with Crippen LogP contribution in [0.3, 0.4) is 0 Å². The van der Waals surface area contributed by atoms with Crippen molar-refractivity contribution in [2.75, 3.05) is 13.1 Å². The summed E-state index contributed by atoms with van der Waals surface area (Å²) >= 11 is 0. The van der Waals surface area contributed by atoms with Gasteiger partial charge in [0.2, 0.25) is 5.91 Å². The van der Waals surface area contributed by atoms with Crippen LogP contribution in [0.5, 0.6) is 0 Å². The Morgan fingerprint density at radius 1 is 1.53 bits per heavy atom. The van der Waals surface area contributed by atoms with Crippen molar-refractivity contribution in [1.82, 2.24) is 10.6 Å². The number of carbonyl (C=O) groups is 1. The van der Waals surface area contributed by atoms with E-state index in [1.165, 1.54) is 12.8 Å². The van der Waals surface area contributed by atoms with E-state index in [0.29, 0.717) is 17.9 Å². The van der Waals surface area contributed by atoms with Crippen LogP contribution >= 0.6 is 0 Å². The van der Waals surface area contributed by atoms with Crippen molar-refractivity contribution in [1.29, 1.82) is 0 Å². The molecule has 1 saturated heterocycles. The fraction of sp³-hybridized carbons (Fsp3) is 0.917. The summed E-state index contributed by atoms with van der Waals surface area (Å²) in [5.41, 5.74) is 0.436. The molecule has 1 atom stereocenters. The molecule has 3 nitrogen and oxygen atoms in total. The summed E-state index contributed by atoms with van der Waals surface area (Å²) in [4.78, 5) is 11.0. The van der Waals surface area contributed by atoms with Crippen molar-refractivity contribution in [2.45, 2.75) is 52.5 Å². The zero-order chi connectivity index (χ0) is 11.3. The highest BCUT2D eigenvalue weighted by Crippen LogP contribution is 2.23. The van der Waals surface area contributed by atoms with Crippen molar-refractivity contribution in [3.05, 3.63) is 0 Å². The largest absolute Gasteiger partial charge is 0.352 e. The Balaban J connectivity index is 2.04. The van der Waals surface area contributed by atoms with E-state index in [0.717, 1.165) is 19.5 Å². The van der Waals surface area contributed by atoms with Crippen LogP contribution in [0.2, 0.25) is 0 Å². The third-order valence-corrected chi connectivity index (χ3v) is 3.41. The second-order valence-electron chi connectivity index (χ2n) is 5.28. The van der Waals surface area contributed by atoms with Crippen LogP contribution < -0.4 is 10.6 Å². The number of amides is 1. The number of carbonyl (C=O) groups excluding carboxylic acids is 1. The number of hydrogen-bond acceptors (Lipinski definition) is 2. The fourth-order valence-corrected chi connectivity index (χ4v) is 1.71. The van der Waals surface area contributed by atoms with E-state index in [1.54, 1.807) is 0 Å². The van der Waals surface area contributed by atoms with Gasteiger partial charge in [-0.05, 0) is 24.8 Å². The van der Waals surface area contributed by atoms with Crippen LogP contribution in [0, 0.1) is 5.41 Å². The summed E-state index contributed by atoms with van der Waals surface area (Å²) < 4.78 is 0. The summed E-state index contributed by atoms with van der Waals surface area (Å²) in [5, 5.41) is 6.39. The standard InChI is InChI=1S/C12H24N2O/c1-4-12(2,3)7-8-13-9-10-5-6-11(15)14-10/h10,13H,4-9H2,1-3H3,(H,14,15)/t10-/m1/s1. The molecule has 0 aromatic rings. The maximum absolute atomic E-state index is 11.0. The molecule has 1 heterocycles. The number of hydrogen-bond donors (Lipinski definition) is 2. The lowest BCUT2D eigenvalue weighted by Crippen LogP contribution is -2.36. The van der Waals surface area contributed by atoms with E-state index in [9.17, 15) is 4.79 Å². The average Bonchev–Trinajstić information content (AvgIpc) is 2.59. The van der Waals surface area contributed by atoms with Crippen LogP contribution in [-0.2, 0) is 4.79 Å². The highest BCUT2D eigenvalue weighted by atomic mass is 16.1. The lowest BCUT2D eigenvalue weighted by Gasteiger charge is -2.23. The number of nitrogens with one attached hydrogen (secondary N) is 2. The topological polar surface area (TPSA) is 41.1 Å². The molecule has 0 aromatic carbocycles. The van der Waals surface area contributed by atoms with Gasteiger partial charge in [-0.1, -0.05) is 27.2 Å². The van der Waals surface area contributed by atoms with E-state index in [4.69, 9.17) is 0 Å². The Kier molecular flexibility index (Phi) is 4.58. The first kappa shape index (κ1) is 12.5. The zero-order valence-electron chi connectivity index (χ0n) is 10.2.